The molecular weight excluding hydrogens is 514 g/mol. The van der Waals surface area contributed by atoms with E-state index in [1.807, 2.05) is 55.1 Å². The van der Waals surface area contributed by atoms with E-state index in [4.69, 9.17) is 18.6 Å². The molecule has 0 saturated carbocycles. The summed E-state index contributed by atoms with van der Waals surface area (Å²) >= 11 is 1.57. The van der Waals surface area contributed by atoms with Crippen molar-refractivity contribution in [3.8, 4) is 33.3 Å². The molecule has 37 heavy (non-hydrogen) atoms. The summed E-state index contributed by atoms with van der Waals surface area (Å²) in [5, 5.41) is 1.99. The lowest BCUT2D eigenvalue weighted by molar-refractivity contribution is 0.0602. The number of methoxy groups -OCH3 is 1. The fourth-order valence-electron chi connectivity index (χ4n) is 4.22. The van der Waals surface area contributed by atoms with Crippen LogP contribution >= 0.6 is 11.3 Å². The zero-order chi connectivity index (χ0) is 27.0. The Kier molecular flexibility index (Phi) is 7.68. The third-order valence-corrected chi connectivity index (χ3v) is 8.35. The average Bonchev–Trinajstić information content (AvgIpc) is 3.52. The standard InChI is InChI=1S/C26H33N3O6S2/c1-7-26(2,3)28(4)25(30)24-27-22(21-9-8-14-36-21)23-18-16-20(34-12-13-35-37(6,31)32)19(33-5)15-17(18)10-11-29(23)24/h8-9,14-16H,7,10-13H2,1-6H3. The first-order valence-electron chi connectivity index (χ1n) is 12.1. The Balaban J connectivity index is 1.80. The molecular formula is C26H33N3O6S2. The summed E-state index contributed by atoms with van der Waals surface area (Å²) in [6.45, 7) is 6.67. The minimum absolute atomic E-state index is 0.0277. The van der Waals surface area contributed by atoms with Crippen LogP contribution in [-0.2, 0) is 27.3 Å². The van der Waals surface area contributed by atoms with E-state index in [1.54, 1.807) is 23.3 Å². The maximum Gasteiger partial charge on any atom is 0.290 e. The van der Waals surface area contributed by atoms with Crippen molar-refractivity contribution in [2.45, 2.75) is 45.7 Å². The number of amides is 1. The Morgan fingerprint density at radius 2 is 2.00 bits per heavy atom. The van der Waals surface area contributed by atoms with Crippen molar-refractivity contribution < 1.29 is 26.9 Å². The summed E-state index contributed by atoms with van der Waals surface area (Å²) in [6, 6.07) is 7.78. The number of imidazole rings is 1. The number of rotatable bonds is 10. The van der Waals surface area contributed by atoms with Crippen LogP contribution in [0.5, 0.6) is 11.5 Å². The average molecular weight is 548 g/mol. The van der Waals surface area contributed by atoms with Crippen LogP contribution in [0.3, 0.4) is 0 Å². The van der Waals surface area contributed by atoms with Gasteiger partial charge in [0.05, 0.1) is 23.9 Å². The number of ether oxygens (including phenoxy) is 2. The first-order valence-corrected chi connectivity index (χ1v) is 14.8. The van der Waals surface area contributed by atoms with Crippen LogP contribution in [0.15, 0.2) is 29.6 Å². The number of carbonyl (C=O) groups excluding carboxylic acids is 1. The van der Waals surface area contributed by atoms with Crippen molar-refractivity contribution in [2.24, 2.45) is 0 Å². The fourth-order valence-corrected chi connectivity index (χ4v) is 5.31. The molecule has 0 fully saturated rings. The van der Waals surface area contributed by atoms with Crippen molar-refractivity contribution in [3.63, 3.8) is 0 Å². The highest BCUT2D eigenvalue weighted by Crippen LogP contribution is 2.44. The van der Waals surface area contributed by atoms with Crippen LogP contribution < -0.4 is 9.47 Å². The molecule has 1 amide bonds. The van der Waals surface area contributed by atoms with E-state index in [0.29, 0.717) is 30.3 Å². The summed E-state index contributed by atoms with van der Waals surface area (Å²) in [5.41, 5.74) is 3.25. The fraction of sp³-hybridized carbons (Fsp3) is 0.462. The molecule has 1 aliphatic rings. The lowest BCUT2D eigenvalue weighted by atomic mass is 9.95. The molecule has 0 unspecified atom stereocenters. The van der Waals surface area contributed by atoms with Gasteiger partial charge >= 0.3 is 0 Å². The normalized spacial score (nSPS) is 13.1. The van der Waals surface area contributed by atoms with Crippen LogP contribution in [0, 0.1) is 0 Å². The minimum atomic E-state index is -3.56. The topological polar surface area (TPSA) is 100.0 Å². The molecule has 11 heteroatoms. The largest absolute Gasteiger partial charge is 0.493 e. The Bertz CT molecular complexity index is 1390. The van der Waals surface area contributed by atoms with Gasteiger partial charge in [-0.1, -0.05) is 13.0 Å². The van der Waals surface area contributed by atoms with Gasteiger partial charge in [0.1, 0.15) is 18.9 Å². The zero-order valence-electron chi connectivity index (χ0n) is 22.0. The highest BCUT2D eigenvalue weighted by molar-refractivity contribution is 7.85. The Morgan fingerprint density at radius 3 is 2.62 bits per heavy atom. The molecule has 0 spiro atoms. The highest BCUT2D eigenvalue weighted by atomic mass is 32.2. The smallest absolute Gasteiger partial charge is 0.290 e. The quantitative estimate of drug-likeness (QED) is 0.273. The number of aromatic nitrogens is 2. The number of carbonyl (C=O) groups is 1. The maximum atomic E-state index is 13.7. The molecule has 4 rings (SSSR count). The van der Waals surface area contributed by atoms with Gasteiger partial charge in [0.2, 0.25) is 0 Å². The van der Waals surface area contributed by atoms with E-state index >= 15 is 0 Å². The number of hydrogen-bond donors (Lipinski definition) is 0. The first kappa shape index (κ1) is 27.2. The van der Waals surface area contributed by atoms with Gasteiger partial charge in [0.25, 0.3) is 16.0 Å². The van der Waals surface area contributed by atoms with Gasteiger partial charge in [-0.2, -0.15) is 8.42 Å². The number of hydrogen-bond acceptors (Lipinski definition) is 8. The molecule has 0 atom stereocenters. The van der Waals surface area contributed by atoms with Crippen LogP contribution in [0.4, 0.5) is 0 Å². The Hall–Kier alpha value is -2.89. The number of thiophene rings is 1. The highest BCUT2D eigenvalue weighted by Gasteiger charge is 2.34. The molecule has 3 heterocycles. The number of fused-ring (bicyclic) bond motifs is 3. The van der Waals surface area contributed by atoms with E-state index in [9.17, 15) is 13.2 Å². The predicted octanol–water partition coefficient (Wildman–Crippen LogP) is 4.46. The van der Waals surface area contributed by atoms with Crippen molar-refractivity contribution in [1.29, 1.82) is 0 Å². The third-order valence-electron chi connectivity index (χ3n) is 6.88. The number of aryl methyl sites for hydroxylation is 1. The molecule has 2 aromatic heterocycles. The second-order valence-corrected chi connectivity index (χ2v) is 12.2. The lowest BCUT2D eigenvalue weighted by Gasteiger charge is -2.34. The molecule has 0 bridgehead atoms. The van der Waals surface area contributed by atoms with Gasteiger partial charge in [-0.15, -0.1) is 11.3 Å². The molecule has 9 nitrogen and oxygen atoms in total. The second kappa shape index (κ2) is 10.5. The predicted molar refractivity (Wildman–Crippen MR) is 144 cm³/mol. The molecule has 1 aromatic carbocycles. The van der Waals surface area contributed by atoms with Gasteiger partial charge < -0.3 is 18.9 Å². The van der Waals surface area contributed by atoms with E-state index < -0.39 is 10.1 Å². The van der Waals surface area contributed by atoms with Gasteiger partial charge in [-0.3, -0.25) is 8.98 Å². The monoisotopic (exact) mass is 547 g/mol. The molecule has 3 aromatic rings. The summed E-state index contributed by atoms with van der Waals surface area (Å²) in [6.07, 6.45) is 2.50. The van der Waals surface area contributed by atoms with E-state index in [1.165, 1.54) is 0 Å². The van der Waals surface area contributed by atoms with Crippen molar-refractivity contribution >= 4 is 27.4 Å². The molecule has 1 aliphatic heterocycles. The van der Waals surface area contributed by atoms with Gasteiger partial charge in [-0.25, -0.2) is 4.98 Å². The Labute approximate surface area is 222 Å². The van der Waals surface area contributed by atoms with Crippen molar-refractivity contribution in [2.75, 3.05) is 33.6 Å². The lowest BCUT2D eigenvalue weighted by Crippen LogP contribution is -2.45. The molecule has 0 saturated heterocycles. The second-order valence-electron chi connectivity index (χ2n) is 9.58. The van der Waals surface area contributed by atoms with E-state index in [-0.39, 0.29) is 24.7 Å². The van der Waals surface area contributed by atoms with Crippen LogP contribution in [0.2, 0.25) is 0 Å². The van der Waals surface area contributed by atoms with E-state index in [2.05, 4.69) is 6.92 Å². The number of benzene rings is 1. The number of nitrogens with zero attached hydrogens (tertiary/aromatic N) is 3. The van der Waals surface area contributed by atoms with Gasteiger partial charge in [0.15, 0.2) is 17.3 Å². The summed E-state index contributed by atoms with van der Waals surface area (Å²) in [5.74, 6) is 1.29. The molecule has 0 aliphatic carbocycles. The van der Waals surface area contributed by atoms with Gasteiger partial charge in [0, 0.05) is 24.7 Å². The third kappa shape index (κ3) is 5.53. The van der Waals surface area contributed by atoms with Crippen LogP contribution in [0.25, 0.3) is 21.8 Å². The molecule has 0 N–H and O–H groups in total. The summed E-state index contributed by atoms with van der Waals surface area (Å²) < 4.78 is 40.8. The minimum Gasteiger partial charge on any atom is -0.493 e. The van der Waals surface area contributed by atoms with Crippen molar-refractivity contribution in [3.05, 3.63) is 41.0 Å². The van der Waals surface area contributed by atoms with Crippen molar-refractivity contribution in [1.82, 2.24) is 14.5 Å². The maximum absolute atomic E-state index is 13.7. The van der Waals surface area contributed by atoms with Crippen LogP contribution in [-0.4, -0.2) is 67.9 Å². The molecule has 0 radical (unpaired) electrons. The first-order chi connectivity index (χ1) is 17.5. The zero-order valence-corrected chi connectivity index (χ0v) is 23.7. The summed E-state index contributed by atoms with van der Waals surface area (Å²) in [7, 11) is -0.175. The molecule has 200 valence electrons. The van der Waals surface area contributed by atoms with E-state index in [0.717, 1.165) is 40.1 Å². The SMILES string of the molecule is CCC(C)(C)N(C)C(=O)c1nc(-c2cccs2)c2n1CCc1cc(OC)c(OCCOS(C)(=O)=O)cc1-2. The van der Waals surface area contributed by atoms with Crippen LogP contribution in [0.1, 0.15) is 43.4 Å². The Morgan fingerprint density at radius 1 is 1.24 bits per heavy atom. The van der Waals surface area contributed by atoms with Gasteiger partial charge in [-0.05, 0) is 55.8 Å². The summed E-state index contributed by atoms with van der Waals surface area (Å²) in [4.78, 5) is 21.3.